The lowest BCUT2D eigenvalue weighted by Gasteiger charge is -2.34. The highest BCUT2D eigenvalue weighted by molar-refractivity contribution is 5.86. The van der Waals surface area contributed by atoms with E-state index in [0.29, 0.717) is 5.95 Å². The van der Waals surface area contributed by atoms with Crippen LogP contribution in [0.15, 0.2) is 24.8 Å². The van der Waals surface area contributed by atoms with Crippen LogP contribution in [0.4, 0.5) is 17.6 Å². The zero-order chi connectivity index (χ0) is 17.2. The summed E-state index contributed by atoms with van der Waals surface area (Å²) in [5.74, 6) is 2.48. The Morgan fingerprint density at radius 2 is 2.20 bits per heavy atom. The van der Waals surface area contributed by atoms with Crippen molar-refractivity contribution in [3.63, 3.8) is 0 Å². The van der Waals surface area contributed by atoms with E-state index in [2.05, 4.69) is 40.3 Å². The largest absolute Gasteiger partial charge is 0.363 e. The molecule has 9 nitrogen and oxygen atoms in total. The molecule has 0 aliphatic carbocycles. The molecule has 1 saturated heterocycles. The number of aromatic nitrogens is 6. The molecule has 0 bridgehead atoms. The van der Waals surface area contributed by atoms with E-state index in [-0.39, 0.29) is 6.04 Å². The second-order valence-electron chi connectivity index (χ2n) is 6.39. The number of fused-ring (bicyclic) bond motifs is 1. The summed E-state index contributed by atoms with van der Waals surface area (Å²) < 4.78 is 0. The van der Waals surface area contributed by atoms with Crippen molar-refractivity contribution in [2.24, 2.45) is 0 Å². The first kappa shape index (κ1) is 15.6. The van der Waals surface area contributed by atoms with Crippen LogP contribution in [0, 0.1) is 0 Å². The van der Waals surface area contributed by atoms with E-state index in [1.165, 1.54) is 0 Å². The first-order valence-corrected chi connectivity index (χ1v) is 8.36. The van der Waals surface area contributed by atoms with Gasteiger partial charge in [-0.15, -0.1) is 0 Å². The van der Waals surface area contributed by atoms with Crippen molar-refractivity contribution in [1.29, 1.82) is 0 Å². The summed E-state index contributed by atoms with van der Waals surface area (Å²) in [6, 6.07) is 2.16. The third kappa shape index (κ3) is 3.17. The van der Waals surface area contributed by atoms with Crippen molar-refractivity contribution >= 4 is 28.6 Å². The molecule has 0 spiro atoms. The molecule has 1 aliphatic rings. The van der Waals surface area contributed by atoms with E-state index >= 15 is 0 Å². The van der Waals surface area contributed by atoms with E-state index in [9.17, 15) is 0 Å². The summed E-state index contributed by atoms with van der Waals surface area (Å²) in [6.07, 6.45) is 7.30. The molecule has 130 valence electrons. The molecular formula is C16H21N9. The number of rotatable bonds is 4. The molecule has 2 N–H and O–H groups in total. The van der Waals surface area contributed by atoms with Crippen molar-refractivity contribution in [1.82, 2.24) is 30.1 Å². The number of nitrogens with zero attached hydrogens (tertiary/aromatic N) is 7. The van der Waals surface area contributed by atoms with Crippen molar-refractivity contribution in [2.75, 3.05) is 42.3 Å². The molecule has 0 aromatic carbocycles. The number of anilines is 3. The maximum Gasteiger partial charge on any atom is 0.224 e. The van der Waals surface area contributed by atoms with E-state index in [4.69, 9.17) is 0 Å². The summed E-state index contributed by atoms with van der Waals surface area (Å²) in [5.41, 5.74) is 0.766. The molecule has 9 heteroatoms. The van der Waals surface area contributed by atoms with Crippen LogP contribution in [-0.2, 0) is 0 Å². The van der Waals surface area contributed by atoms with E-state index < -0.39 is 0 Å². The number of hydrogen-bond acceptors (Lipinski definition) is 8. The van der Waals surface area contributed by atoms with Crippen LogP contribution in [0.2, 0.25) is 0 Å². The zero-order valence-corrected chi connectivity index (χ0v) is 14.3. The van der Waals surface area contributed by atoms with Crippen molar-refractivity contribution in [2.45, 2.75) is 18.9 Å². The van der Waals surface area contributed by atoms with Gasteiger partial charge in [0.15, 0.2) is 5.65 Å². The van der Waals surface area contributed by atoms with Gasteiger partial charge in [0.1, 0.15) is 18.0 Å². The maximum atomic E-state index is 4.55. The number of piperidine rings is 1. The quantitative estimate of drug-likeness (QED) is 0.734. The Labute approximate surface area is 145 Å². The molecule has 1 unspecified atom stereocenters. The average Bonchev–Trinajstić information content (AvgIpc) is 3.11. The topological polar surface area (TPSA) is 98.8 Å². The third-order valence-corrected chi connectivity index (χ3v) is 4.38. The Hall–Kier alpha value is -2.97. The average molecular weight is 339 g/mol. The van der Waals surface area contributed by atoms with Gasteiger partial charge in [0, 0.05) is 39.4 Å². The fourth-order valence-electron chi connectivity index (χ4n) is 3.14. The van der Waals surface area contributed by atoms with Crippen LogP contribution in [0.3, 0.4) is 0 Å². The smallest absolute Gasteiger partial charge is 0.224 e. The molecule has 4 heterocycles. The first-order chi connectivity index (χ1) is 12.2. The van der Waals surface area contributed by atoms with Gasteiger partial charge in [-0.05, 0) is 18.9 Å². The zero-order valence-electron chi connectivity index (χ0n) is 14.3. The normalized spacial score (nSPS) is 17.7. The van der Waals surface area contributed by atoms with Crippen LogP contribution < -0.4 is 15.1 Å². The first-order valence-electron chi connectivity index (χ1n) is 8.36. The highest BCUT2D eigenvalue weighted by Crippen LogP contribution is 2.25. The molecule has 25 heavy (non-hydrogen) atoms. The standard InChI is InChI=1S/C16H21N9/c1-24(2)13-5-6-17-16(22-13)21-11-4-3-7-25(9-11)15-12-8-20-23-14(12)18-10-19-15/h5-6,8,10-11H,3-4,7,9H2,1-2H3,(H,17,21,22)(H,18,19,20,23). The monoisotopic (exact) mass is 339 g/mol. The predicted octanol–water partition coefficient (Wildman–Crippen LogP) is 1.29. The number of nitrogens with one attached hydrogen (secondary N) is 2. The minimum absolute atomic E-state index is 0.267. The van der Waals surface area contributed by atoms with Crippen LogP contribution >= 0.6 is 0 Å². The van der Waals surface area contributed by atoms with Gasteiger partial charge >= 0.3 is 0 Å². The molecule has 3 aromatic heterocycles. The SMILES string of the molecule is CN(C)c1ccnc(NC2CCCN(c3ncnc4[nH]ncc34)C2)n1. The van der Waals surface area contributed by atoms with Gasteiger partial charge in [0.05, 0.1) is 11.6 Å². The van der Waals surface area contributed by atoms with Gasteiger partial charge in [-0.25, -0.2) is 15.0 Å². The Morgan fingerprint density at radius 3 is 3.08 bits per heavy atom. The van der Waals surface area contributed by atoms with Crippen LogP contribution in [0.25, 0.3) is 11.0 Å². The predicted molar refractivity (Wildman–Crippen MR) is 96.9 cm³/mol. The molecule has 1 fully saturated rings. The summed E-state index contributed by atoms with van der Waals surface area (Å²) in [6.45, 7) is 1.81. The fourth-order valence-corrected chi connectivity index (χ4v) is 3.14. The van der Waals surface area contributed by atoms with Crippen LogP contribution in [0.5, 0.6) is 0 Å². The second kappa shape index (κ2) is 6.50. The Kier molecular flexibility index (Phi) is 4.04. The Balaban J connectivity index is 1.51. The van der Waals surface area contributed by atoms with Gasteiger partial charge in [-0.2, -0.15) is 10.1 Å². The minimum atomic E-state index is 0.267. The van der Waals surface area contributed by atoms with Crippen molar-refractivity contribution < 1.29 is 0 Å². The lowest BCUT2D eigenvalue weighted by Crippen LogP contribution is -2.43. The molecule has 4 rings (SSSR count). The summed E-state index contributed by atoms with van der Waals surface area (Å²) >= 11 is 0. The van der Waals surface area contributed by atoms with Gasteiger partial charge in [-0.1, -0.05) is 0 Å². The number of hydrogen-bond donors (Lipinski definition) is 2. The molecule has 1 atom stereocenters. The van der Waals surface area contributed by atoms with Gasteiger partial charge in [0.2, 0.25) is 5.95 Å². The number of H-pyrrole nitrogens is 1. The third-order valence-electron chi connectivity index (χ3n) is 4.38. The lowest BCUT2D eigenvalue weighted by molar-refractivity contribution is 0.525. The van der Waals surface area contributed by atoms with Crippen LogP contribution in [0.1, 0.15) is 12.8 Å². The maximum absolute atomic E-state index is 4.55. The lowest BCUT2D eigenvalue weighted by atomic mass is 10.1. The second-order valence-corrected chi connectivity index (χ2v) is 6.39. The number of aromatic amines is 1. The van der Waals surface area contributed by atoms with Crippen molar-refractivity contribution in [3.05, 3.63) is 24.8 Å². The van der Waals surface area contributed by atoms with Gasteiger partial charge in [0.25, 0.3) is 0 Å². The highest BCUT2D eigenvalue weighted by Gasteiger charge is 2.23. The summed E-state index contributed by atoms with van der Waals surface area (Å²) in [5, 5.41) is 11.4. The molecule has 0 saturated carbocycles. The van der Waals surface area contributed by atoms with Gasteiger partial charge in [-0.3, -0.25) is 5.10 Å². The molecule has 0 amide bonds. The molecule has 0 radical (unpaired) electrons. The molecule has 1 aliphatic heterocycles. The Bertz CT molecular complexity index is 859. The van der Waals surface area contributed by atoms with Gasteiger partial charge < -0.3 is 15.1 Å². The molecular weight excluding hydrogens is 318 g/mol. The van der Waals surface area contributed by atoms with Crippen LogP contribution in [-0.4, -0.2) is 63.4 Å². The van der Waals surface area contributed by atoms with E-state index in [0.717, 1.165) is 48.6 Å². The Morgan fingerprint density at radius 1 is 1.28 bits per heavy atom. The van der Waals surface area contributed by atoms with E-state index in [1.807, 2.05) is 25.1 Å². The summed E-state index contributed by atoms with van der Waals surface area (Å²) in [4.78, 5) is 21.8. The molecule has 3 aromatic rings. The summed E-state index contributed by atoms with van der Waals surface area (Å²) in [7, 11) is 3.94. The van der Waals surface area contributed by atoms with E-state index in [1.54, 1.807) is 18.7 Å². The fraction of sp³-hybridized carbons (Fsp3) is 0.438. The minimum Gasteiger partial charge on any atom is -0.363 e. The van der Waals surface area contributed by atoms with Crippen molar-refractivity contribution in [3.8, 4) is 0 Å². The highest BCUT2D eigenvalue weighted by atomic mass is 15.3.